The molecule has 0 fully saturated rings. The van der Waals surface area contributed by atoms with Crippen molar-refractivity contribution in [1.29, 1.82) is 5.26 Å². The maximum Gasteiger partial charge on any atom is 0.266 e. The summed E-state index contributed by atoms with van der Waals surface area (Å²) in [5.74, 6) is 2.76. The summed E-state index contributed by atoms with van der Waals surface area (Å²) in [7, 11) is 1.46. The summed E-state index contributed by atoms with van der Waals surface area (Å²) in [5, 5.41) is 12.7. The van der Waals surface area contributed by atoms with Crippen LogP contribution in [-0.2, 0) is 4.79 Å². The highest BCUT2D eigenvalue weighted by atomic mass is 35.5. The van der Waals surface area contributed by atoms with Gasteiger partial charge in [0.1, 0.15) is 24.0 Å². The van der Waals surface area contributed by atoms with E-state index in [1.807, 2.05) is 6.07 Å². The van der Waals surface area contributed by atoms with Crippen LogP contribution in [0.3, 0.4) is 0 Å². The number of halogens is 2. The molecule has 2 aromatic carbocycles. The Morgan fingerprint density at radius 2 is 2.00 bits per heavy atom. The lowest BCUT2D eigenvalue weighted by Crippen LogP contribution is -2.14. The predicted octanol–water partition coefficient (Wildman–Crippen LogP) is 4.96. The number of nitrogens with one attached hydrogen (secondary N) is 1. The van der Waals surface area contributed by atoms with Crippen molar-refractivity contribution in [3.05, 3.63) is 51.5 Å². The van der Waals surface area contributed by atoms with Gasteiger partial charge in [0.05, 0.1) is 24.4 Å². The number of carbonyl (C=O) groups is 1. The lowest BCUT2D eigenvalue weighted by Gasteiger charge is -2.13. The lowest BCUT2D eigenvalue weighted by molar-refractivity contribution is -0.112. The van der Waals surface area contributed by atoms with Gasteiger partial charge in [0.25, 0.3) is 5.91 Å². The second-order valence-corrected chi connectivity index (χ2v) is 6.57. The zero-order valence-electron chi connectivity index (χ0n) is 16.3. The number of benzene rings is 2. The standard InChI is InChI=1S/C22H18Cl2N2O4/c1-4-8-30-21-17(24)10-14(11-20(21)29-5-2)9-15(13-25)22(27)26-18-12-16(23)6-7-19(18)28-3/h1,6-7,9-12H,5,8H2,2-3H3,(H,26,27)/b15-9+. The first-order chi connectivity index (χ1) is 14.4. The molecule has 30 heavy (non-hydrogen) atoms. The normalized spacial score (nSPS) is 10.5. The molecule has 0 aliphatic heterocycles. The molecular formula is C22H18Cl2N2O4. The molecule has 0 saturated heterocycles. The van der Waals surface area contributed by atoms with Gasteiger partial charge in [-0.2, -0.15) is 5.26 Å². The fraction of sp³-hybridized carbons (Fsp3) is 0.182. The molecule has 0 aliphatic rings. The Hall–Kier alpha value is -3.32. The van der Waals surface area contributed by atoms with Crippen molar-refractivity contribution in [3.8, 4) is 35.7 Å². The molecule has 0 radical (unpaired) electrons. The van der Waals surface area contributed by atoms with Crippen LogP contribution in [0.4, 0.5) is 5.69 Å². The van der Waals surface area contributed by atoms with Gasteiger partial charge in [-0.3, -0.25) is 4.79 Å². The van der Waals surface area contributed by atoms with E-state index >= 15 is 0 Å². The second kappa shape index (κ2) is 11.0. The predicted molar refractivity (Wildman–Crippen MR) is 117 cm³/mol. The van der Waals surface area contributed by atoms with Crippen molar-refractivity contribution in [2.75, 3.05) is 25.6 Å². The Morgan fingerprint density at radius 1 is 1.23 bits per heavy atom. The van der Waals surface area contributed by atoms with E-state index in [2.05, 4.69) is 11.2 Å². The summed E-state index contributed by atoms with van der Waals surface area (Å²) in [5.41, 5.74) is 0.649. The molecule has 0 heterocycles. The molecule has 0 spiro atoms. The molecule has 0 bridgehead atoms. The molecule has 2 aromatic rings. The van der Waals surface area contributed by atoms with E-state index in [1.165, 1.54) is 19.3 Å². The van der Waals surface area contributed by atoms with Gasteiger partial charge in [-0.05, 0) is 48.9 Å². The quantitative estimate of drug-likeness (QED) is 0.353. The van der Waals surface area contributed by atoms with E-state index in [-0.39, 0.29) is 17.2 Å². The number of hydrogen-bond acceptors (Lipinski definition) is 5. The van der Waals surface area contributed by atoms with Crippen LogP contribution < -0.4 is 19.5 Å². The third-order valence-electron chi connectivity index (χ3n) is 3.72. The smallest absolute Gasteiger partial charge is 0.266 e. The van der Waals surface area contributed by atoms with E-state index < -0.39 is 5.91 Å². The molecule has 1 N–H and O–H groups in total. The number of amides is 1. The van der Waals surface area contributed by atoms with Gasteiger partial charge in [-0.1, -0.05) is 29.1 Å². The lowest BCUT2D eigenvalue weighted by atomic mass is 10.1. The number of nitriles is 1. The monoisotopic (exact) mass is 444 g/mol. The van der Waals surface area contributed by atoms with Crippen LogP contribution in [0.5, 0.6) is 17.2 Å². The third-order valence-corrected chi connectivity index (χ3v) is 4.23. The molecule has 1 amide bonds. The van der Waals surface area contributed by atoms with Crippen LogP contribution in [0.1, 0.15) is 12.5 Å². The zero-order chi connectivity index (χ0) is 22.1. The largest absolute Gasteiger partial charge is 0.495 e. The minimum absolute atomic E-state index is 0.0162. The first-order valence-electron chi connectivity index (χ1n) is 8.72. The SMILES string of the molecule is C#CCOc1c(Cl)cc(/C=C(\C#N)C(=O)Nc2cc(Cl)ccc2OC)cc1OCC. The molecule has 6 nitrogen and oxygen atoms in total. The van der Waals surface area contributed by atoms with Gasteiger partial charge in [-0.15, -0.1) is 6.42 Å². The van der Waals surface area contributed by atoms with Crippen LogP contribution in [0, 0.1) is 23.7 Å². The van der Waals surface area contributed by atoms with Crippen LogP contribution in [-0.4, -0.2) is 26.2 Å². The van der Waals surface area contributed by atoms with E-state index in [4.69, 9.17) is 43.8 Å². The minimum Gasteiger partial charge on any atom is -0.495 e. The Kier molecular flexibility index (Phi) is 8.43. The Labute approximate surface area is 184 Å². The number of anilines is 1. The van der Waals surface area contributed by atoms with E-state index in [1.54, 1.807) is 31.2 Å². The minimum atomic E-state index is -0.639. The van der Waals surface area contributed by atoms with Crippen LogP contribution in [0.25, 0.3) is 6.08 Å². The number of terminal acetylenes is 1. The maximum absolute atomic E-state index is 12.6. The van der Waals surface area contributed by atoms with E-state index in [0.717, 1.165) is 0 Å². The molecule has 0 saturated carbocycles. The van der Waals surface area contributed by atoms with Crippen molar-refractivity contribution < 1.29 is 19.0 Å². The summed E-state index contributed by atoms with van der Waals surface area (Å²) >= 11 is 12.3. The number of ether oxygens (including phenoxy) is 3. The van der Waals surface area contributed by atoms with Crippen LogP contribution in [0.15, 0.2) is 35.9 Å². The highest BCUT2D eigenvalue weighted by molar-refractivity contribution is 6.32. The van der Waals surface area contributed by atoms with Crippen LogP contribution >= 0.6 is 23.2 Å². The van der Waals surface area contributed by atoms with E-state index in [9.17, 15) is 10.1 Å². The van der Waals surface area contributed by atoms with Gasteiger partial charge >= 0.3 is 0 Å². The molecule has 0 aliphatic carbocycles. The van der Waals surface area contributed by atoms with Crippen molar-refractivity contribution >= 4 is 40.9 Å². The molecule has 8 heteroatoms. The fourth-order valence-corrected chi connectivity index (χ4v) is 2.92. The first kappa shape index (κ1) is 23.0. The van der Waals surface area contributed by atoms with Gasteiger partial charge < -0.3 is 19.5 Å². The number of rotatable bonds is 8. The average molecular weight is 445 g/mol. The van der Waals surface area contributed by atoms with Crippen molar-refractivity contribution in [2.24, 2.45) is 0 Å². The molecular weight excluding hydrogens is 427 g/mol. The molecule has 0 aromatic heterocycles. The molecule has 2 rings (SSSR count). The Balaban J connectivity index is 2.37. The Morgan fingerprint density at radius 3 is 2.63 bits per heavy atom. The van der Waals surface area contributed by atoms with Gasteiger partial charge in [0.15, 0.2) is 11.5 Å². The van der Waals surface area contributed by atoms with E-state index in [0.29, 0.717) is 40.1 Å². The zero-order valence-corrected chi connectivity index (χ0v) is 17.8. The summed E-state index contributed by atoms with van der Waals surface area (Å²) in [6.45, 7) is 2.17. The van der Waals surface area contributed by atoms with Gasteiger partial charge in [0, 0.05) is 5.02 Å². The molecule has 154 valence electrons. The number of methoxy groups -OCH3 is 1. The highest BCUT2D eigenvalue weighted by Crippen LogP contribution is 2.37. The summed E-state index contributed by atoms with van der Waals surface area (Å²) in [6.07, 6.45) is 6.61. The summed E-state index contributed by atoms with van der Waals surface area (Å²) in [4.78, 5) is 12.6. The number of hydrogen-bond donors (Lipinski definition) is 1. The first-order valence-corrected chi connectivity index (χ1v) is 9.48. The maximum atomic E-state index is 12.6. The van der Waals surface area contributed by atoms with Crippen molar-refractivity contribution in [1.82, 2.24) is 0 Å². The third kappa shape index (κ3) is 5.84. The fourth-order valence-electron chi connectivity index (χ4n) is 2.47. The topological polar surface area (TPSA) is 80.6 Å². The highest BCUT2D eigenvalue weighted by Gasteiger charge is 2.16. The van der Waals surface area contributed by atoms with Crippen molar-refractivity contribution in [2.45, 2.75) is 6.92 Å². The van der Waals surface area contributed by atoms with Gasteiger partial charge in [-0.25, -0.2) is 0 Å². The number of carbonyl (C=O) groups excluding carboxylic acids is 1. The summed E-state index contributed by atoms with van der Waals surface area (Å²) < 4.78 is 16.2. The molecule has 0 unspecified atom stereocenters. The second-order valence-electron chi connectivity index (χ2n) is 5.72. The van der Waals surface area contributed by atoms with Crippen molar-refractivity contribution in [3.63, 3.8) is 0 Å². The summed E-state index contributed by atoms with van der Waals surface area (Å²) in [6, 6.07) is 9.78. The average Bonchev–Trinajstić information content (AvgIpc) is 2.71. The number of nitrogens with zero attached hydrogens (tertiary/aromatic N) is 1. The molecule has 0 atom stereocenters. The van der Waals surface area contributed by atoms with Gasteiger partial charge in [0.2, 0.25) is 0 Å². The Bertz CT molecular complexity index is 1050. The van der Waals surface area contributed by atoms with Crippen LogP contribution in [0.2, 0.25) is 10.0 Å².